The Kier molecular flexibility index (Phi) is 4.67. The van der Waals surface area contributed by atoms with Crippen molar-refractivity contribution in [2.45, 2.75) is 19.0 Å². The first-order valence-corrected chi connectivity index (χ1v) is 4.95. The first kappa shape index (κ1) is 13.5. The summed E-state index contributed by atoms with van der Waals surface area (Å²) in [7, 11) is 0. The van der Waals surface area contributed by atoms with E-state index in [4.69, 9.17) is 10.2 Å². The molecule has 5 N–H and O–H groups in total. The molecular formula is C9H12N4O5. The number of aliphatic carboxylic acids is 2. The quantitative estimate of drug-likeness (QED) is 0.447. The number of hydrogen-bond acceptors (Lipinski definition) is 4. The lowest BCUT2D eigenvalue weighted by atomic mass is 10.2. The van der Waals surface area contributed by atoms with Crippen LogP contribution in [-0.2, 0) is 16.1 Å². The number of aromatic nitrogens is 2. The Labute approximate surface area is 101 Å². The smallest absolute Gasteiger partial charge is 0.326 e. The Morgan fingerprint density at radius 1 is 1.39 bits per heavy atom. The van der Waals surface area contributed by atoms with E-state index < -0.39 is 30.4 Å². The second-order valence-electron chi connectivity index (χ2n) is 3.39. The van der Waals surface area contributed by atoms with Crippen LogP contribution in [0.3, 0.4) is 0 Å². The standard InChI is InChI=1S/C9H12N4O5/c14-7(15)1-6(8(16)17)13-9(18)11-3-5-2-10-4-12-5/h2,4,6H,1,3H2,(H,10,12)(H,14,15)(H,16,17)(H2,11,13,18)/t6-/m0/s1. The van der Waals surface area contributed by atoms with Crippen LogP contribution in [0, 0.1) is 0 Å². The van der Waals surface area contributed by atoms with Crippen LogP contribution in [0.4, 0.5) is 4.79 Å². The van der Waals surface area contributed by atoms with Crippen LogP contribution < -0.4 is 10.6 Å². The fourth-order valence-electron chi connectivity index (χ4n) is 1.14. The highest BCUT2D eigenvalue weighted by atomic mass is 16.4. The van der Waals surface area contributed by atoms with Gasteiger partial charge in [0.2, 0.25) is 0 Å². The molecule has 0 spiro atoms. The molecule has 0 aliphatic carbocycles. The third-order valence-corrected chi connectivity index (χ3v) is 1.98. The van der Waals surface area contributed by atoms with Gasteiger partial charge in [-0.05, 0) is 0 Å². The SMILES string of the molecule is O=C(O)C[C@H](NC(=O)NCc1cnc[nH]1)C(=O)O. The third kappa shape index (κ3) is 4.51. The van der Waals surface area contributed by atoms with Crippen LogP contribution in [0.25, 0.3) is 0 Å². The van der Waals surface area contributed by atoms with Gasteiger partial charge in [-0.2, -0.15) is 0 Å². The van der Waals surface area contributed by atoms with Crippen molar-refractivity contribution in [1.82, 2.24) is 20.6 Å². The zero-order valence-electron chi connectivity index (χ0n) is 9.21. The fourth-order valence-corrected chi connectivity index (χ4v) is 1.14. The summed E-state index contributed by atoms with van der Waals surface area (Å²) in [5, 5.41) is 21.6. The number of rotatable bonds is 6. The molecule has 1 heterocycles. The van der Waals surface area contributed by atoms with Gasteiger partial charge in [0.1, 0.15) is 6.04 Å². The predicted octanol–water partition coefficient (Wildman–Crippen LogP) is -0.863. The van der Waals surface area contributed by atoms with E-state index in [1.54, 1.807) is 0 Å². The van der Waals surface area contributed by atoms with Crippen molar-refractivity contribution in [2.75, 3.05) is 0 Å². The summed E-state index contributed by atoms with van der Waals surface area (Å²) < 4.78 is 0. The Bertz CT molecular complexity index is 430. The van der Waals surface area contributed by atoms with E-state index in [1.165, 1.54) is 12.5 Å². The third-order valence-electron chi connectivity index (χ3n) is 1.98. The summed E-state index contributed by atoms with van der Waals surface area (Å²) in [6.45, 7) is 0.130. The van der Waals surface area contributed by atoms with Gasteiger partial charge in [-0.1, -0.05) is 0 Å². The fraction of sp³-hybridized carbons (Fsp3) is 0.333. The van der Waals surface area contributed by atoms with E-state index in [9.17, 15) is 14.4 Å². The number of carbonyl (C=O) groups is 3. The molecule has 0 aromatic carbocycles. The lowest BCUT2D eigenvalue weighted by Crippen LogP contribution is -2.46. The number of aromatic amines is 1. The second kappa shape index (κ2) is 6.23. The van der Waals surface area contributed by atoms with Crippen molar-refractivity contribution in [3.05, 3.63) is 18.2 Å². The Hall–Kier alpha value is -2.58. The minimum atomic E-state index is -1.47. The maximum absolute atomic E-state index is 11.3. The molecule has 1 rings (SSSR count). The van der Waals surface area contributed by atoms with Gasteiger partial charge in [0.15, 0.2) is 0 Å². The molecule has 0 aliphatic rings. The van der Waals surface area contributed by atoms with Crippen LogP contribution in [0.5, 0.6) is 0 Å². The summed E-state index contributed by atoms with van der Waals surface area (Å²) in [6.07, 6.45) is 2.23. The zero-order chi connectivity index (χ0) is 13.5. The number of carboxylic acids is 2. The van der Waals surface area contributed by atoms with Crippen molar-refractivity contribution in [1.29, 1.82) is 0 Å². The van der Waals surface area contributed by atoms with Crippen LogP contribution in [0.2, 0.25) is 0 Å². The van der Waals surface area contributed by atoms with Gasteiger partial charge in [-0.25, -0.2) is 14.6 Å². The highest BCUT2D eigenvalue weighted by Gasteiger charge is 2.22. The van der Waals surface area contributed by atoms with Crippen LogP contribution in [0.1, 0.15) is 12.1 Å². The molecule has 0 aliphatic heterocycles. The number of H-pyrrole nitrogens is 1. The summed E-state index contributed by atoms with van der Waals surface area (Å²) in [4.78, 5) is 38.9. The number of urea groups is 1. The number of amides is 2. The van der Waals surface area contributed by atoms with Gasteiger partial charge in [-0.15, -0.1) is 0 Å². The average Bonchev–Trinajstić information content (AvgIpc) is 2.77. The molecule has 98 valence electrons. The predicted molar refractivity (Wildman–Crippen MR) is 57.6 cm³/mol. The zero-order valence-corrected chi connectivity index (χ0v) is 9.21. The lowest BCUT2D eigenvalue weighted by molar-refractivity contribution is -0.145. The van der Waals surface area contributed by atoms with E-state index in [1.807, 2.05) is 5.32 Å². The van der Waals surface area contributed by atoms with Crippen molar-refractivity contribution in [3.63, 3.8) is 0 Å². The second-order valence-corrected chi connectivity index (χ2v) is 3.39. The average molecular weight is 256 g/mol. The monoisotopic (exact) mass is 256 g/mol. The molecule has 2 amide bonds. The van der Waals surface area contributed by atoms with Crippen LogP contribution in [-0.4, -0.2) is 44.2 Å². The van der Waals surface area contributed by atoms with E-state index in [2.05, 4.69) is 15.3 Å². The molecule has 0 saturated heterocycles. The van der Waals surface area contributed by atoms with Gasteiger partial charge in [-0.3, -0.25) is 4.79 Å². The van der Waals surface area contributed by atoms with Crippen LogP contribution >= 0.6 is 0 Å². The number of imidazole rings is 1. The van der Waals surface area contributed by atoms with Gasteiger partial charge >= 0.3 is 18.0 Å². The van der Waals surface area contributed by atoms with Gasteiger partial charge < -0.3 is 25.8 Å². The lowest BCUT2D eigenvalue weighted by Gasteiger charge is -2.12. The van der Waals surface area contributed by atoms with Crippen molar-refractivity contribution in [2.24, 2.45) is 0 Å². The normalized spacial score (nSPS) is 11.6. The molecule has 0 fully saturated rings. The van der Waals surface area contributed by atoms with Gasteiger partial charge in [0, 0.05) is 6.20 Å². The molecule has 1 aromatic rings. The molecule has 0 unspecified atom stereocenters. The minimum Gasteiger partial charge on any atom is -0.481 e. The van der Waals surface area contributed by atoms with E-state index >= 15 is 0 Å². The number of nitrogens with zero attached hydrogens (tertiary/aromatic N) is 1. The minimum absolute atomic E-state index is 0.130. The number of carboxylic acid groups (broad SMARTS) is 2. The molecule has 9 nitrogen and oxygen atoms in total. The topological polar surface area (TPSA) is 144 Å². The Morgan fingerprint density at radius 2 is 2.11 bits per heavy atom. The number of hydrogen-bond donors (Lipinski definition) is 5. The summed E-state index contributed by atoms with van der Waals surface area (Å²) in [6, 6.07) is -2.23. The highest BCUT2D eigenvalue weighted by molar-refractivity contribution is 5.86. The van der Waals surface area contributed by atoms with E-state index in [0.717, 1.165) is 0 Å². The van der Waals surface area contributed by atoms with Gasteiger partial charge in [0.25, 0.3) is 0 Å². The largest absolute Gasteiger partial charge is 0.481 e. The van der Waals surface area contributed by atoms with Gasteiger partial charge in [0.05, 0.1) is 25.0 Å². The van der Waals surface area contributed by atoms with Crippen molar-refractivity contribution < 1.29 is 24.6 Å². The molecule has 0 saturated carbocycles. The first-order chi connectivity index (χ1) is 8.49. The molecule has 18 heavy (non-hydrogen) atoms. The van der Waals surface area contributed by atoms with Crippen molar-refractivity contribution >= 4 is 18.0 Å². The molecule has 0 radical (unpaired) electrons. The molecule has 1 aromatic heterocycles. The van der Waals surface area contributed by atoms with E-state index in [-0.39, 0.29) is 6.54 Å². The molecule has 9 heteroatoms. The summed E-state index contributed by atoms with van der Waals surface area (Å²) in [5.41, 5.74) is 0.634. The Morgan fingerprint density at radius 3 is 2.61 bits per heavy atom. The van der Waals surface area contributed by atoms with Crippen LogP contribution in [0.15, 0.2) is 12.5 Å². The van der Waals surface area contributed by atoms with Crippen molar-refractivity contribution in [3.8, 4) is 0 Å². The molecule has 0 bridgehead atoms. The Balaban J connectivity index is 2.41. The maximum atomic E-state index is 11.3. The van der Waals surface area contributed by atoms with E-state index in [0.29, 0.717) is 5.69 Å². The highest BCUT2D eigenvalue weighted by Crippen LogP contribution is 1.94. The summed E-state index contributed by atoms with van der Waals surface area (Å²) >= 11 is 0. The molecule has 1 atom stereocenters. The maximum Gasteiger partial charge on any atom is 0.326 e. The molecular weight excluding hydrogens is 244 g/mol. The first-order valence-electron chi connectivity index (χ1n) is 4.95. The summed E-state index contributed by atoms with van der Waals surface area (Å²) in [5.74, 6) is -2.72. The number of carbonyl (C=O) groups excluding carboxylic acids is 1. The number of nitrogens with one attached hydrogen (secondary N) is 3.